The Kier molecular flexibility index (Phi) is 4.11. The molecule has 0 atom stereocenters. The summed E-state index contributed by atoms with van der Waals surface area (Å²) in [5.41, 5.74) is 2.35. The first-order valence-electron chi connectivity index (χ1n) is 7.49. The van der Waals surface area contributed by atoms with Gasteiger partial charge in [0.25, 0.3) is 0 Å². The summed E-state index contributed by atoms with van der Waals surface area (Å²) in [6, 6.07) is 5.93. The first-order valence-corrected chi connectivity index (χ1v) is 9.56. The molecule has 0 amide bonds. The highest BCUT2D eigenvalue weighted by molar-refractivity contribution is 8.01. The summed E-state index contributed by atoms with van der Waals surface area (Å²) in [6.07, 6.45) is 8.70. The van der Waals surface area contributed by atoms with Gasteiger partial charge in [0.2, 0.25) is 0 Å². The lowest BCUT2D eigenvalue weighted by Gasteiger charge is -2.26. The van der Waals surface area contributed by atoms with Gasteiger partial charge in [-0.05, 0) is 43.9 Å². The Balaban J connectivity index is 1.41. The molecular formula is C16H16ClN3S2. The second-order valence-electron chi connectivity index (χ2n) is 5.69. The number of aromatic amines is 1. The van der Waals surface area contributed by atoms with Crippen LogP contribution in [-0.2, 0) is 0 Å². The number of fused-ring (bicyclic) bond motifs is 1. The number of aromatic nitrogens is 3. The summed E-state index contributed by atoms with van der Waals surface area (Å²) >= 11 is 9.74. The molecule has 1 aliphatic rings. The van der Waals surface area contributed by atoms with Crippen LogP contribution in [0.4, 0.5) is 0 Å². The summed E-state index contributed by atoms with van der Waals surface area (Å²) in [5.74, 6) is 0.647. The van der Waals surface area contributed by atoms with Gasteiger partial charge in [0.15, 0.2) is 4.34 Å². The molecule has 2 aromatic heterocycles. The molecule has 1 aliphatic carbocycles. The van der Waals surface area contributed by atoms with E-state index in [9.17, 15) is 0 Å². The molecule has 0 saturated heterocycles. The Morgan fingerprint density at radius 1 is 1.23 bits per heavy atom. The van der Waals surface area contributed by atoms with E-state index in [4.69, 9.17) is 16.6 Å². The van der Waals surface area contributed by atoms with Crippen LogP contribution in [0.25, 0.3) is 10.2 Å². The maximum Gasteiger partial charge on any atom is 0.151 e. The lowest BCUT2D eigenvalue weighted by Crippen LogP contribution is -2.15. The predicted octanol–water partition coefficient (Wildman–Crippen LogP) is 5.49. The van der Waals surface area contributed by atoms with Crippen molar-refractivity contribution in [1.29, 1.82) is 0 Å². The van der Waals surface area contributed by atoms with Crippen LogP contribution in [0.5, 0.6) is 0 Å². The zero-order chi connectivity index (χ0) is 14.9. The fourth-order valence-corrected chi connectivity index (χ4v) is 5.84. The number of benzene rings is 1. The Bertz CT molecular complexity index is 761. The SMILES string of the molecule is Clc1ccc2nc(SC3CCC(c4cnc[nH]4)CC3)sc2c1. The van der Waals surface area contributed by atoms with Gasteiger partial charge in [0, 0.05) is 28.1 Å². The van der Waals surface area contributed by atoms with Gasteiger partial charge in [-0.15, -0.1) is 11.3 Å². The molecule has 1 fully saturated rings. The smallest absolute Gasteiger partial charge is 0.151 e. The van der Waals surface area contributed by atoms with Crippen molar-refractivity contribution in [2.75, 3.05) is 0 Å². The zero-order valence-electron chi connectivity index (χ0n) is 12.0. The van der Waals surface area contributed by atoms with Crippen LogP contribution < -0.4 is 0 Å². The number of H-pyrrole nitrogens is 1. The van der Waals surface area contributed by atoms with E-state index in [2.05, 4.69) is 9.97 Å². The van der Waals surface area contributed by atoms with Crippen molar-refractivity contribution in [3.63, 3.8) is 0 Å². The molecule has 0 bridgehead atoms. The number of halogens is 1. The van der Waals surface area contributed by atoms with Crippen LogP contribution in [-0.4, -0.2) is 20.2 Å². The minimum Gasteiger partial charge on any atom is -0.348 e. The van der Waals surface area contributed by atoms with Crippen LogP contribution >= 0.6 is 34.7 Å². The van der Waals surface area contributed by atoms with Crippen molar-refractivity contribution in [3.05, 3.63) is 41.4 Å². The number of thioether (sulfide) groups is 1. The number of hydrogen-bond acceptors (Lipinski definition) is 4. The van der Waals surface area contributed by atoms with Crippen LogP contribution in [0, 0.1) is 0 Å². The van der Waals surface area contributed by atoms with E-state index in [1.807, 2.05) is 36.2 Å². The Morgan fingerprint density at radius 3 is 2.86 bits per heavy atom. The molecule has 114 valence electrons. The number of thiazole rings is 1. The predicted molar refractivity (Wildman–Crippen MR) is 94.1 cm³/mol. The van der Waals surface area contributed by atoms with Gasteiger partial charge in [0.05, 0.1) is 16.5 Å². The van der Waals surface area contributed by atoms with Crippen LogP contribution in [0.15, 0.2) is 35.1 Å². The zero-order valence-corrected chi connectivity index (χ0v) is 14.3. The van der Waals surface area contributed by atoms with Crippen LogP contribution in [0.2, 0.25) is 5.02 Å². The van der Waals surface area contributed by atoms with Gasteiger partial charge < -0.3 is 4.98 Å². The highest BCUT2D eigenvalue weighted by atomic mass is 35.5. The first-order chi connectivity index (χ1) is 10.8. The summed E-state index contributed by atoms with van der Waals surface area (Å²) in [5, 5.41) is 1.46. The molecule has 1 N–H and O–H groups in total. The Hall–Kier alpha value is -1.04. The van der Waals surface area contributed by atoms with Gasteiger partial charge in [0.1, 0.15) is 0 Å². The standard InChI is InChI=1S/C16H16ClN3S2/c17-11-3-6-13-15(7-11)22-16(20-13)21-12-4-1-10(2-5-12)14-8-18-9-19-14/h3,6-10,12H,1-2,4-5H2,(H,18,19). The number of imidazole rings is 1. The average molecular weight is 350 g/mol. The van der Waals surface area contributed by atoms with E-state index in [1.54, 1.807) is 17.7 Å². The van der Waals surface area contributed by atoms with E-state index in [0.29, 0.717) is 11.2 Å². The van der Waals surface area contributed by atoms with E-state index in [0.717, 1.165) is 10.5 Å². The third-order valence-electron chi connectivity index (χ3n) is 4.23. The molecule has 2 heterocycles. The minimum absolute atomic E-state index is 0.647. The molecule has 3 nitrogen and oxygen atoms in total. The summed E-state index contributed by atoms with van der Waals surface area (Å²) < 4.78 is 2.35. The van der Waals surface area contributed by atoms with Crippen molar-refractivity contribution in [2.45, 2.75) is 41.2 Å². The van der Waals surface area contributed by atoms with Gasteiger partial charge in [-0.3, -0.25) is 0 Å². The van der Waals surface area contributed by atoms with E-state index in [-0.39, 0.29) is 0 Å². The van der Waals surface area contributed by atoms with Gasteiger partial charge in [-0.2, -0.15) is 0 Å². The molecule has 1 saturated carbocycles. The fraction of sp³-hybridized carbons (Fsp3) is 0.375. The van der Waals surface area contributed by atoms with Crippen molar-refractivity contribution >= 4 is 44.9 Å². The first kappa shape index (κ1) is 14.5. The molecule has 4 rings (SSSR count). The maximum atomic E-state index is 6.05. The average Bonchev–Trinajstić information content (AvgIpc) is 3.16. The second-order valence-corrected chi connectivity index (χ2v) is 8.70. The Labute approximate surface area is 142 Å². The normalized spacial score (nSPS) is 22.2. The van der Waals surface area contributed by atoms with Gasteiger partial charge in [-0.25, -0.2) is 9.97 Å². The molecule has 0 radical (unpaired) electrons. The van der Waals surface area contributed by atoms with Crippen molar-refractivity contribution < 1.29 is 0 Å². The van der Waals surface area contributed by atoms with E-state index < -0.39 is 0 Å². The van der Waals surface area contributed by atoms with E-state index in [1.165, 1.54) is 40.4 Å². The minimum atomic E-state index is 0.647. The van der Waals surface area contributed by atoms with Crippen molar-refractivity contribution in [3.8, 4) is 0 Å². The fourth-order valence-electron chi connectivity index (χ4n) is 3.05. The number of hydrogen-bond donors (Lipinski definition) is 1. The highest BCUT2D eigenvalue weighted by Gasteiger charge is 2.24. The molecule has 0 spiro atoms. The second kappa shape index (κ2) is 6.22. The molecule has 1 aromatic carbocycles. The molecule has 0 aliphatic heterocycles. The van der Waals surface area contributed by atoms with Crippen molar-refractivity contribution in [1.82, 2.24) is 15.0 Å². The summed E-state index contributed by atoms with van der Waals surface area (Å²) in [6.45, 7) is 0. The quantitative estimate of drug-likeness (QED) is 0.679. The third kappa shape index (κ3) is 3.03. The molecule has 0 unspecified atom stereocenters. The number of rotatable bonds is 3. The van der Waals surface area contributed by atoms with Crippen LogP contribution in [0.3, 0.4) is 0 Å². The van der Waals surface area contributed by atoms with Gasteiger partial charge in [-0.1, -0.05) is 23.4 Å². The third-order valence-corrected chi connectivity index (χ3v) is 6.92. The lowest BCUT2D eigenvalue weighted by molar-refractivity contribution is 0.447. The number of nitrogens with one attached hydrogen (secondary N) is 1. The monoisotopic (exact) mass is 349 g/mol. The van der Waals surface area contributed by atoms with E-state index >= 15 is 0 Å². The lowest BCUT2D eigenvalue weighted by atomic mass is 9.87. The summed E-state index contributed by atoms with van der Waals surface area (Å²) in [7, 11) is 0. The summed E-state index contributed by atoms with van der Waals surface area (Å²) in [4.78, 5) is 12.1. The topological polar surface area (TPSA) is 41.6 Å². The number of nitrogens with zero attached hydrogens (tertiary/aromatic N) is 2. The Morgan fingerprint density at radius 2 is 2.09 bits per heavy atom. The molecule has 3 aromatic rings. The maximum absolute atomic E-state index is 6.05. The van der Waals surface area contributed by atoms with Crippen LogP contribution in [0.1, 0.15) is 37.3 Å². The van der Waals surface area contributed by atoms with Crippen molar-refractivity contribution in [2.24, 2.45) is 0 Å². The highest BCUT2D eigenvalue weighted by Crippen LogP contribution is 2.41. The molecule has 22 heavy (non-hydrogen) atoms. The molecule has 6 heteroatoms. The largest absolute Gasteiger partial charge is 0.348 e. The molecular weight excluding hydrogens is 334 g/mol. The van der Waals surface area contributed by atoms with Gasteiger partial charge >= 0.3 is 0 Å².